The summed E-state index contributed by atoms with van der Waals surface area (Å²) >= 11 is 6.86. The number of fused-ring (bicyclic) bond motifs is 1. The average Bonchev–Trinajstić information content (AvgIpc) is 2.96. The minimum absolute atomic E-state index is 0.0479. The van der Waals surface area contributed by atoms with Crippen LogP contribution in [-0.4, -0.2) is 21.2 Å². The summed E-state index contributed by atoms with van der Waals surface area (Å²) in [6, 6.07) is 17.8. The molecule has 2 aromatic rings. The highest BCUT2D eigenvalue weighted by Crippen LogP contribution is 2.39. The molecule has 0 aliphatic carbocycles. The molecule has 5 heteroatoms. The lowest BCUT2D eigenvalue weighted by Crippen LogP contribution is -2.31. The number of hydrogen-bond acceptors (Lipinski definition) is 4. The molecule has 27 heavy (non-hydrogen) atoms. The Kier molecular flexibility index (Phi) is 4.89. The summed E-state index contributed by atoms with van der Waals surface area (Å²) in [5, 5.41) is 0. The third-order valence-electron chi connectivity index (χ3n) is 4.80. The van der Waals surface area contributed by atoms with Crippen molar-refractivity contribution in [3.63, 3.8) is 0 Å². The molecule has 2 aliphatic rings. The summed E-state index contributed by atoms with van der Waals surface area (Å²) in [5.41, 5.74) is 3.06. The van der Waals surface area contributed by atoms with E-state index in [1.807, 2.05) is 74.5 Å². The summed E-state index contributed by atoms with van der Waals surface area (Å²) in [6.07, 6.45) is 3.88. The highest BCUT2D eigenvalue weighted by atomic mass is 32.2. The van der Waals surface area contributed by atoms with Crippen LogP contribution in [0.4, 0.5) is 0 Å². The predicted molar refractivity (Wildman–Crippen MR) is 114 cm³/mol. The zero-order valence-corrected chi connectivity index (χ0v) is 16.7. The predicted octanol–water partition coefficient (Wildman–Crippen LogP) is 5.36. The van der Waals surface area contributed by atoms with Crippen LogP contribution in [0, 0.1) is 0 Å². The van der Waals surface area contributed by atoms with Crippen LogP contribution in [0.2, 0.25) is 0 Å². The van der Waals surface area contributed by atoms with Crippen molar-refractivity contribution in [2.45, 2.75) is 26.0 Å². The Morgan fingerprint density at radius 3 is 2.63 bits per heavy atom. The Morgan fingerprint density at radius 1 is 1.15 bits per heavy atom. The molecule has 0 unspecified atom stereocenters. The number of thiocarbonyl (C=S) groups is 1. The second kappa shape index (κ2) is 7.33. The number of thioether (sulfide) groups is 1. The second-order valence-corrected chi connectivity index (χ2v) is 8.26. The van der Waals surface area contributed by atoms with Gasteiger partial charge in [0, 0.05) is 5.56 Å². The van der Waals surface area contributed by atoms with Gasteiger partial charge in [-0.05, 0) is 43.2 Å². The maximum absolute atomic E-state index is 13.0. The van der Waals surface area contributed by atoms with Gasteiger partial charge in [0.25, 0.3) is 5.91 Å². The Bertz CT molecular complexity index is 965. The summed E-state index contributed by atoms with van der Waals surface area (Å²) in [5.74, 6) is 0.820. The number of amides is 1. The van der Waals surface area contributed by atoms with Gasteiger partial charge in [-0.2, -0.15) is 0 Å². The molecule has 0 saturated carbocycles. The molecule has 0 aromatic heterocycles. The normalized spacial score (nSPS) is 21.7. The quantitative estimate of drug-likeness (QED) is 0.519. The number of nitrogens with zero attached hydrogens (tertiary/aromatic N) is 1. The molecule has 2 aromatic carbocycles. The van der Waals surface area contributed by atoms with Gasteiger partial charge in [-0.25, -0.2) is 0 Å². The minimum Gasteiger partial charge on any atom is -0.485 e. The molecule has 1 fully saturated rings. The van der Waals surface area contributed by atoms with Crippen LogP contribution in [0.25, 0.3) is 6.08 Å². The van der Waals surface area contributed by atoms with Crippen molar-refractivity contribution in [1.29, 1.82) is 0 Å². The van der Waals surface area contributed by atoms with Crippen LogP contribution in [-0.2, 0) is 4.79 Å². The number of rotatable bonds is 3. The SMILES string of the molecule is C[C@@H]1Oc2ccccc2C=C1/C=C1\SC(=S)N([C@@H](C)c2ccccc2)C1=O. The molecule has 2 aliphatic heterocycles. The van der Waals surface area contributed by atoms with Crippen LogP contribution in [0.15, 0.2) is 71.2 Å². The van der Waals surface area contributed by atoms with E-state index in [4.69, 9.17) is 17.0 Å². The second-order valence-electron chi connectivity index (χ2n) is 6.58. The molecule has 0 spiro atoms. The van der Waals surface area contributed by atoms with Crippen molar-refractivity contribution in [2.75, 3.05) is 0 Å². The Labute approximate surface area is 168 Å². The van der Waals surface area contributed by atoms with Gasteiger partial charge in [0.1, 0.15) is 16.2 Å². The van der Waals surface area contributed by atoms with Gasteiger partial charge in [-0.15, -0.1) is 0 Å². The molecule has 2 heterocycles. The van der Waals surface area contributed by atoms with E-state index in [0.29, 0.717) is 9.23 Å². The lowest BCUT2D eigenvalue weighted by molar-refractivity contribution is -0.123. The minimum atomic E-state index is -0.116. The van der Waals surface area contributed by atoms with E-state index < -0.39 is 0 Å². The fourth-order valence-corrected chi connectivity index (χ4v) is 4.69. The van der Waals surface area contributed by atoms with E-state index >= 15 is 0 Å². The summed E-state index contributed by atoms with van der Waals surface area (Å²) < 4.78 is 6.57. The molecular weight excluding hydrogens is 374 g/mol. The lowest BCUT2D eigenvalue weighted by atomic mass is 10.0. The Hall–Kier alpha value is -2.37. The molecule has 1 saturated heterocycles. The van der Waals surface area contributed by atoms with Crippen LogP contribution in [0.5, 0.6) is 5.75 Å². The molecule has 0 N–H and O–H groups in total. The maximum Gasteiger partial charge on any atom is 0.266 e. The first-order valence-corrected chi connectivity index (χ1v) is 10.1. The van der Waals surface area contributed by atoms with Gasteiger partial charge in [0.15, 0.2) is 0 Å². The molecular formula is C22H19NO2S2. The van der Waals surface area contributed by atoms with E-state index in [1.165, 1.54) is 11.8 Å². The van der Waals surface area contributed by atoms with Gasteiger partial charge >= 0.3 is 0 Å². The van der Waals surface area contributed by atoms with Gasteiger partial charge < -0.3 is 4.74 Å². The van der Waals surface area contributed by atoms with Crippen molar-refractivity contribution in [3.05, 3.63) is 82.3 Å². The van der Waals surface area contributed by atoms with Crippen molar-refractivity contribution in [1.82, 2.24) is 4.90 Å². The van der Waals surface area contributed by atoms with Gasteiger partial charge in [0.2, 0.25) is 0 Å². The smallest absolute Gasteiger partial charge is 0.266 e. The molecule has 1 amide bonds. The zero-order chi connectivity index (χ0) is 19.0. The summed E-state index contributed by atoms with van der Waals surface area (Å²) in [6.45, 7) is 4.00. The summed E-state index contributed by atoms with van der Waals surface area (Å²) in [7, 11) is 0. The standard InChI is InChI=1S/C22H19NO2S2/c1-14(16-8-4-3-5-9-16)23-21(24)20(27-22(23)26)13-18-12-17-10-6-7-11-19(17)25-15(18)2/h3-15H,1-2H3/b20-13-/t14-,15-/m0/s1. The van der Waals surface area contributed by atoms with Gasteiger partial charge in [0.05, 0.1) is 10.9 Å². The first-order chi connectivity index (χ1) is 13.0. The van der Waals surface area contributed by atoms with Crippen LogP contribution < -0.4 is 4.74 Å². The molecule has 136 valence electrons. The van der Waals surface area contributed by atoms with E-state index in [9.17, 15) is 4.79 Å². The highest BCUT2D eigenvalue weighted by molar-refractivity contribution is 8.26. The highest BCUT2D eigenvalue weighted by Gasteiger charge is 2.36. The number of carbonyl (C=O) groups excluding carboxylic acids is 1. The van der Waals surface area contributed by atoms with Crippen molar-refractivity contribution in [3.8, 4) is 5.75 Å². The van der Waals surface area contributed by atoms with E-state index in [-0.39, 0.29) is 18.1 Å². The monoisotopic (exact) mass is 393 g/mol. The van der Waals surface area contributed by atoms with Crippen LogP contribution >= 0.6 is 24.0 Å². The first kappa shape index (κ1) is 18.0. The van der Waals surface area contributed by atoms with E-state index in [1.54, 1.807) is 4.90 Å². The van der Waals surface area contributed by atoms with E-state index in [0.717, 1.165) is 22.4 Å². The number of hydrogen-bond donors (Lipinski definition) is 0. The molecule has 0 radical (unpaired) electrons. The topological polar surface area (TPSA) is 29.5 Å². The molecule has 4 rings (SSSR count). The van der Waals surface area contributed by atoms with Crippen molar-refractivity contribution < 1.29 is 9.53 Å². The van der Waals surface area contributed by atoms with Crippen molar-refractivity contribution in [2.24, 2.45) is 0 Å². The molecule has 3 nitrogen and oxygen atoms in total. The third kappa shape index (κ3) is 3.45. The number of carbonyl (C=O) groups is 1. The number of para-hydroxylation sites is 1. The zero-order valence-electron chi connectivity index (χ0n) is 15.1. The fraction of sp³-hybridized carbons (Fsp3) is 0.182. The van der Waals surface area contributed by atoms with Crippen molar-refractivity contribution >= 4 is 40.3 Å². The Balaban J connectivity index is 1.63. The number of ether oxygens (including phenoxy) is 1. The molecule has 2 atom stereocenters. The van der Waals surface area contributed by atoms with E-state index in [2.05, 4.69) is 6.08 Å². The first-order valence-electron chi connectivity index (χ1n) is 8.84. The number of benzene rings is 2. The van der Waals surface area contributed by atoms with Crippen LogP contribution in [0.1, 0.15) is 31.0 Å². The van der Waals surface area contributed by atoms with Crippen LogP contribution in [0.3, 0.4) is 0 Å². The van der Waals surface area contributed by atoms with Gasteiger partial charge in [-0.3, -0.25) is 9.69 Å². The third-order valence-corrected chi connectivity index (χ3v) is 6.14. The average molecular weight is 394 g/mol. The Morgan fingerprint density at radius 2 is 1.85 bits per heavy atom. The fourth-order valence-electron chi connectivity index (χ4n) is 3.27. The maximum atomic E-state index is 13.0. The summed E-state index contributed by atoms with van der Waals surface area (Å²) in [4.78, 5) is 15.4. The lowest BCUT2D eigenvalue weighted by Gasteiger charge is -2.24. The largest absolute Gasteiger partial charge is 0.485 e. The molecule has 0 bridgehead atoms. The van der Waals surface area contributed by atoms with Gasteiger partial charge in [-0.1, -0.05) is 72.5 Å².